The van der Waals surface area contributed by atoms with Crippen molar-refractivity contribution in [2.45, 2.75) is 29.7 Å². The lowest BCUT2D eigenvalue weighted by molar-refractivity contribution is 0.0998. The topological polar surface area (TPSA) is 48.2 Å². The molecule has 1 aliphatic heterocycles. The largest absolute Gasteiger partial charge is 0.416 e. The SMILES string of the molecule is Fc1cccc(Cl)c1Cc1nnc(SC2CCOCC2)o1. The Hall–Kier alpha value is -1.11. The number of rotatable bonds is 4. The average Bonchev–Trinajstić information content (AvgIpc) is 2.91. The first kappa shape index (κ1) is 14.8. The summed E-state index contributed by atoms with van der Waals surface area (Å²) in [6.45, 7) is 1.53. The number of halogens is 2. The predicted octanol–water partition coefficient (Wildman–Crippen LogP) is 3.72. The van der Waals surface area contributed by atoms with Crippen LogP contribution in [0.2, 0.25) is 5.02 Å². The molecule has 3 rings (SSSR count). The van der Waals surface area contributed by atoms with Gasteiger partial charge in [0, 0.05) is 29.0 Å². The highest BCUT2D eigenvalue weighted by molar-refractivity contribution is 7.99. The Bertz CT molecular complexity index is 597. The van der Waals surface area contributed by atoms with Crippen LogP contribution in [0.25, 0.3) is 0 Å². The summed E-state index contributed by atoms with van der Waals surface area (Å²) in [6, 6.07) is 4.59. The van der Waals surface area contributed by atoms with Gasteiger partial charge in [0.1, 0.15) is 5.82 Å². The third kappa shape index (κ3) is 3.75. The van der Waals surface area contributed by atoms with E-state index in [-0.39, 0.29) is 12.2 Å². The predicted molar refractivity (Wildman–Crippen MR) is 78.2 cm³/mol. The number of hydrogen-bond donors (Lipinski definition) is 0. The Kier molecular flexibility index (Phi) is 4.77. The van der Waals surface area contributed by atoms with Crippen LogP contribution in [0.3, 0.4) is 0 Å². The molecule has 0 saturated carbocycles. The van der Waals surface area contributed by atoms with Crippen LogP contribution in [0.15, 0.2) is 27.8 Å². The van der Waals surface area contributed by atoms with Crippen LogP contribution in [-0.2, 0) is 11.2 Å². The van der Waals surface area contributed by atoms with Gasteiger partial charge >= 0.3 is 0 Å². The van der Waals surface area contributed by atoms with Crippen LogP contribution in [0.1, 0.15) is 24.3 Å². The monoisotopic (exact) mass is 328 g/mol. The Labute approximate surface area is 131 Å². The summed E-state index contributed by atoms with van der Waals surface area (Å²) in [7, 11) is 0. The molecule has 21 heavy (non-hydrogen) atoms. The molecule has 2 heterocycles. The molecular formula is C14H14ClFN2O2S. The van der Waals surface area contributed by atoms with E-state index in [9.17, 15) is 4.39 Å². The lowest BCUT2D eigenvalue weighted by Gasteiger charge is -2.19. The number of aromatic nitrogens is 2. The van der Waals surface area contributed by atoms with E-state index in [0.717, 1.165) is 26.1 Å². The first-order valence-electron chi connectivity index (χ1n) is 6.72. The maximum Gasteiger partial charge on any atom is 0.276 e. The van der Waals surface area contributed by atoms with Gasteiger partial charge < -0.3 is 9.15 Å². The van der Waals surface area contributed by atoms with Crippen molar-refractivity contribution in [3.63, 3.8) is 0 Å². The molecule has 0 radical (unpaired) electrons. The minimum atomic E-state index is -0.362. The van der Waals surface area contributed by atoms with Gasteiger partial charge in [-0.2, -0.15) is 0 Å². The van der Waals surface area contributed by atoms with E-state index in [2.05, 4.69) is 10.2 Å². The fraction of sp³-hybridized carbons (Fsp3) is 0.429. The molecule has 1 aliphatic rings. The van der Waals surface area contributed by atoms with Crippen molar-refractivity contribution in [2.75, 3.05) is 13.2 Å². The van der Waals surface area contributed by atoms with Crippen molar-refractivity contribution < 1.29 is 13.5 Å². The Morgan fingerprint density at radius 1 is 1.29 bits per heavy atom. The number of hydrogen-bond acceptors (Lipinski definition) is 5. The summed E-state index contributed by atoms with van der Waals surface area (Å²) in [5.74, 6) is 0.0101. The Balaban J connectivity index is 1.67. The molecule has 1 fully saturated rings. The molecule has 4 nitrogen and oxygen atoms in total. The molecule has 112 valence electrons. The zero-order valence-electron chi connectivity index (χ0n) is 11.2. The van der Waals surface area contributed by atoms with Crippen molar-refractivity contribution in [2.24, 2.45) is 0 Å². The van der Waals surface area contributed by atoms with Crippen molar-refractivity contribution in [1.29, 1.82) is 0 Å². The second-order valence-corrected chi connectivity index (χ2v) is 6.43. The molecule has 0 bridgehead atoms. The molecular weight excluding hydrogens is 315 g/mol. The summed E-state index contributed by atoms with van der Waals surface area (Å²) in [6.07, 6.45) is 2.15. The van der Waals surface area contributed by atoms with Crippen LogP contribution in [0, 0.1) is 5.82 Å². The molecule has 0 amide bonds. The normalized spacial score (nSPS) is 16.3. The third-order valence-electron chi connectivity index (χ3n) is 3.27. The fourth-order valence-corrected chi connectivity index (χ4v) is 3.32. The number of ether oxygens (including phenoxy) is 1. The van der Waals surface area contributed by atoms with E-state index in [1.807, 2.05) is 0 Å². The van der Waals surface area contributed by atoms with Gasteiger partial charge in [-0.1, -0.05) is 29.4 Å². The van der Waals surface area contributed by atoms with Crippen LogP contribution >= 0.6 is 23.4 Å². The summed E-state index contributed by atoms with van der Waals surface area (Å²) in [5, 5.41) is 9.29. The molecule has 0 atom stereocenters. The van der Waals surface area contributed by atoms with Gasteiger partial charge in [-0.25, -0.2) is 4.39 Å². The molecule has 7 heteroatoms. The van der Waals surface area contributed by atoms with Gasteiger partial charge in [0.2, 0.25) is 5.89 Å². The van der Waals surface area contributed by atoms with Gasteiger partial charge in [-0.3, -0.25) is 0 Å². The first-order chi connectivity index (χ1) is 10.2. The zero-order chi connectivity index (χ0) is 14.7. The third-order valence-corrected chi connectivity index (χ3v) is 4.80. The molecule has 1 saturated heterocycles. The van der Waals surface area contributed by atoms with Gasteiger partial charge in [-0.05, 0) is 25.0 Å². The molecule has 0 N–H and O–H groups in total. The van der Waals surface area contributed by atoms with Gasteiger partial charge in [0.15, 0.2) is 0 Å². The zero-order valence-corrected chi connectivity index (χ0v) is 12.8. The van der Waals surface area contributed by atoms with E-state index in [1.54, 1.807) is 23.9 Å². The van der Waals surface area contributed by atoms with E-state index >= 15 is 0 Å². The van der Waals surface area contributed by atoms with Crippen molar-refractivity contribution in [1.82, 2.24) is 10.2 Å². The van der Waals surface area contributed by atoms with E-state index in [0.29, 0.717) is 26.9 Å². The lowest BCUT2D eigenvalue weighted by Crippen LogP contribution is -2.17. The molecule has 0 unspecified atom stereocenters. The number of benzene rings is 1. The highest BCUT2D eigenvalue weighted by Crippen LogP contribution is 2.29. The maximum atomic E-state index is 13.7. The van der Waals surface area contributed by atoms with Crippen LogP contribution in [-0.4, -0.2) is 28.7 Å². The van der Waals surface area contributed by atoms with E-state index in [4.69, 9.17) is 20.8 Å². The van der Waals surface area contributed by atoms with Crippen molar-refractivity contribution >= 4 is 23.4 Å². The fourth-order valence-electron chi connectivity index (χ4n) is 2.15. The smallest absolute Gasteiger partial charge is 0.276 e. The van der Waals surface area contributed by atoms with Crippen LogP contribution < -0.4 is 0 Å². The van der Waals surface area contributed by atoms with Crippen molar-refractivity contribution in [3.8, 4) is 0 Å². The standard InChI is InChI=1S/C14H14ClFN2O2S/c15-11-2-1-3-12(16)10(11)8-13-17-18-14(20-13)21-9-4-6-19-7-5-9/h1-3,9H,4-8H2. The number of thioether (sulfide) groups is 1. The van der Waals surface area contributed by atoms with E-state index < -0.39 is 0 Å². The second kappa shape index (κ2) is 6.77. The van der Waals surface area contributed by atoms with Crippen molar-refractivity contribution in [3.05, 3.63) is 40.5 Å². The highest BCUT2D eigenvalue weighted by Gasteiger charge is 2.19. The second-order valence-electron chi connectivity index (χ2n) is 4.77. The average molecular weight is 329 g/mol. The minimum Gasteiger partial charge on any atom is -0.416 e. The lowest BCUT2D eigenvalue weighted by atomic mass is 10.1. The quantitative estimate of drug-likeness (QED) is 0.856. The maximum absolute atomic E-state index is 13.7. The molecule has 0 spiro atoms. The number of nitrogens with zero attached hydrogens (tertiary/aromatic N) is 2. The van der Waals surface area contributed by atoms with Crippen LogP contribution in [0.4, 0.5) is 4.39 Å². The summed E-state index contributed by atoms with van der Waals surface area (Å²) >= 11 is 7.55. The van der Waals surface area contributed by atoms with Crippen LogP contribution in [0.5, 0.6) is 0 Å². The Morgan fingerprint density at radius 3 is 2.86 bits per heavy atom. The van der Waals surface area contributed by atoms with Gasteiger partial charge in [0.05, 0.1) is 6.42 Å². The summed E-state index contributed by atoms with van der Waals surface area (Å²) in [4.78, 5) is 0. The minimum absolute atomic E-state index is 0.201. The summed E-state index contributed by atoms with van der Waals surface area (Å²) in [5.41, 5.74) is 0.380. The highest BCUT2D eigenvalue weighted by atomic mass is 35.5. The molecule has 1 aromatic carbocycles. The molecule has 0 aliphatic carbocycles. The van der Waals surface area contributed by atoms with E-state index in [1.165, 1.54) is 6.07 Å². The summed E-state index contributed by atoms with van der Waals surface area (Å²) < 4.78 is 24.6. The van der Waals surface area contributed by atoms with Gasteiger partial charge in [0.25, 0.3) is 5.22 Å². The Morgan fingerprint density at radius 2 is 2.10 bits per heavy atom. The molecule has 2 aromatic rings. The first-order valence-corrected chi connectivity index (χ1v) is 7.98. The van der Waals surface area contributed by atoms with Gasteiger partial charge in [-0.15, -0.1) is 10.2 Å². The molecule has 1 aromatic heterocycles.